The van der Waals surface area contributed by atoms with Gasteiger partial charge in [0.25, 0.3) is 5.56 Å². The van der Waals surface area contributed by atoms with Crippen molar-refractivity contribution in [3.63, 3.8) is 0 Å². The van der Waals surface area contributed by atoms with Gasteiger partial charge in [0.15, 0.2) is 0 Å². The van der Waals surface area contributed by atoms with Crippen LogP contribution in [0.5, 0.6) is 0 Å². The molecule has 0 N–H and O–H groups in total. The van der Waals surface area contributed by atoms with E-state index < -0.39 is 0 Å². The van der Waals surface area contributed by atoms with Crippen LogP contribution < -0.4 is 10.5 Å². The van der Waals surface area contributed by atoms with Crippen molar-refractivity contribution < 1.29 is 4.79 Å². The highest BCUT2D eigenvalue weighted by molar-refractivity contribution is 7.98. The Hall–Kier alpha value is -2.86. The fourth-order valence-electron chi connectivity index (χ4n) is 3.24. The summed E-state index contributed by atoms with van der Waals surface area (Å²) in [5.41, 5.74) is 2.14. The lowest BCUT2D eigenvalue weighted by Crippen LogP contribution is -2.37. The van der Waals surface area contributed by atoms with Crippen molar-refractivity contribution >= 4 is 23.4 Å². The van der Waals surface area contributed by atoms with E-state index in [2.05, 4.69) is 4.98 Å². The van der Waals surface area contributed by atoms with Gasteiger partial charge in [0.2, 0.25) is 5.91 Å². The van der Waals surface area contributed by atoms with Crippen molar-refractivity contribution in [3.05, 3.63) is 76.8 Å². The van der Waals surface area contributed by atoms with Crippen LogP contribution in [0.1, 0.15) is 19.7 Å². The minimum atomic E-state index is -0.210. The molecule has 2 aromatic carbocycles. The van der Waals surface area contributed by atoms with E-state index in [9.17, 15) is 9.59 Å². The summed E-state index contributed by atoms with van der Waals surface area (Å²) in [6, 6.07) is 19.0. The van der Waals surface area contributed by atoms with Crippen molar-refractivity contribution in [3.8, 4) is 11.3 Å². The second-order valence-corrected chi connectivity index (χ2v) is 7.42. The molecule has 0 aliphatic carbocycles. The maximum atomic E-state index is 13.0. The molecule has 0 aliphatic rings. The molecule has 0 saturated carbocycles. The van der Waals surface area contributed by atoms with E-state index in [0.717, 1.165) is 16.1 Å². The highest BCUT2D eigenvalue weighted by Crippen LogP contribution is 2.21. The lowest BCUT2D eigenvalue weighted by molar-refractivity contribution is -0.119. The van der Waals surface area contributed by atoms with Gasteiger partial charge in [-0.3, -0.25) is 14.2 Å². The molecular weight excluding hydrogens is 382 g/mol. The van der Waals surface area contributed by atoms with E-state index in [1.54, 1.807) is 16.7 Å². The van der Waals surface area contributed by atoms with E-state index in [1.165, 1.54) is 10.6 Å². The van der Waals surface area contributed by atoms with Crippen molar-refractivity contribution in [2.75, 3.05) is 17.7 Å². The molecule has 0 bridgehead atoms. The predicted molar refractivity (Wildman–Crippen MR) is 120 cm³/mol. The Kier molecular flexibility index (Phi) is 6.88. The van der Waals surface area contributed by atoms with Crippen LogP contribution in [0.15, 0.2) is 70.4 Å². The van der Waals surface area contributed by atoms with E-state index in [0.29, 0.717) is 24.5 Å². The second kappa shape index (κ2) is 9.56. The molecule has 6 heteroatoms. The van der Waals surface area contributed by atoms with Crippen molar-refractivity contribution in [2.45, 2.75) is 31.7 Å². The Balaban J connectivity index is 1.89. The number of benzene rings is 2. The van der Waals surface area contributed by atoms with Crippen LogP contribution in [0.2, 0.25) is 0 Å². The SMILES string of the molecule is CCc1nc(-c2ccccc2)cc(=O)n1CC(=O)N(CC)c1ccc(SC)cc1. The van der Waals surface area contributed by atoms with E-state index >= 15 is 0 Å². The van der Waals surface area contributed by atoms with Gasteiger partial charge in [0.05, 0.1) is 5.69 Å². The molecule has 3 aromatic rings. The van der Waals surface area contributed by atoms with Crippen LogP contribution in [0, 0.1) is 0 Å². The molecule has 0 unspecified atom stereocenters. The van der Waals surface area contributed by atoms with Crippen LogP contribution in [0.4, 0.5) is 5.69 Å². The molecule has 29 heavy (non-hydrogen) atoms. The summed E-state index contributed by atoms with van der Waals surface area (Å²) in [5, 5.41) is 0. The van der Waals surface area contributed by atoms with Crippen LogP contribution in [-0.2, 0) is 17.8 Å². The first-order valence-corrected chi connectivity index (χ1v) is 10.9. The van der Waals surface area contributed by atoms with Crippen LogP contribution in [0.25, 0.3) is 11.3 Å². The first-order chi connectivity index (χ1) is 14.1. The standard InChI is InChI=1S/C23H25N3O2S/c1-4-21-24-20(17-9-7-6-8-10-17)15-22(27)26(21)16-23(28)25(5-2)18-11-13-19(29-3)14-12-18/h6-15H,4-5,16H2,1-3H3. The molecule has 150 valence electrons. The molecular formula is C23H25N3O2S. The minimum Gasteiger partial charge on any atom is -0.311 e. The Labute approximate surface area is 175 Å². The number of hydrogen-bond donors (Lipinski definition) is 0. The molecule has 1 heterocycles. The van der Waals surface area contributed by atoms with Crippen LogP contribution in [-0.4, -0.2) is 28.3 Å². The Bertz CT molecular complexity index is 1030. The third kappa shape index (κ3) is 4.77. The Morgan fingerprint density at radius 2 is 1.76 bits per heavy atom. The van der Waals surface area contributed by atoms with Crippen LogP contribution in [0.3, 0.4) is 0 Å². The average Bonchev–Trinajstić information content (AvgIpc) is 2.76. The zero-order chi connectivity index (χ0) is 20.8. The number of aromatic nitrogens is 2. The number of amides is 1. The number of nitrogens with zero attached hydrogens (tertiary/aromatic N) is 3. The lowest BCUT2D eigenvalue weighted by Gasteiger charge is -2.22. The van der Waals surface area contributed by atoms with Crippen molar-refractivity contribution in [1.82, 2.24) is 9.55 Å². The second-order valence-electron chi connectivity index (χ2n) is 6.54. The first kappa shape index (κ1) is 20.9. The van der Waals surface area contributed by atoms with Gasteiger partial charge in [-0.25, -0.2) is 4.98 Å². The molecule has 0 saturated heterocycles. The summed E-state index contributed by atoms with van der Waals surface area (Å²) in [4.78, 5) is 33.3. The average molecular weight is 408 g/mol. The highest BCUT2D eigenvalue weighted by atomic mass is 32.2. The Morgan fingerprint density at radius 3 is 2.34 bits per heavy atom. The van der Waals surface area contributed by atoms with Gasteiger partial charge in [-0.2, -0.15) is 0 Å². The molecule has 3 rings (SSSR count). The molecule has 5 nitrogen and oxygen atoms in total. The summed E-state index contributed by atoms with van der Waals surface area (Å²) in [6.07, 6.45) is 2.58. The molecule has 1 aromatic heterocycles. The van der Waals surface area contributed by atoms with E-state index in [1.807, 2.05) is 74.7 Å². The first-order valence-electron chi connectivity index (χ1n) is 9.68. The zero-order valence-corrected chi connectivity index (χ0v) is 17.8. The summed E-state index contributed by atoms with van der Waals surface area (Å²) in [5.74, 6) is 0.481. The minimum absolute atomic E-state index is 0.0256. The monoisotopic (exact) mass is 407 g/mol. The predicted octanol–water partition coefficient (Wildman–Crippen LogP) is 4.25. The van der Waals surface area contributed by atoms with Gasteiger partial charge in [0, 0.05) is 35.2 Å². The number of carbonyl (C=O) groups excluding carboxylic acids is 1. The van der Waals surface area contributed by atoms with Crippen molar-refractivity contribution in [2.24, 2.45) is 0 Å². The molecule has 1 amide bonds. The maximum absolute atomic E-state index is 13.0. The molecule has 0 atom stereocenters. The molecule has 0 aliphatic heterocycles. The fourth-order valence-corrected chi connectivity index (χ4v) is 3.64. The normalized spacial score (nSPS) is 10.7. The van der Waals surface area contributed by atoms with Gasteiger partial charge in [-0.05, 0) is 37.4 Å². The number of aryl methyl sites for hydroxylation is 1. The third-order valence-electron chi connectivity index (χ3n) is 4.77. The molecule has 0 spiro atoms. The number of hydrogen-bond acceptors (Lipinski definition) is 4. The number of rotatable bonds is 7. The Morgan fingerprint density at radius 1 is 1.07 bits per heavy atom. The van der Waals surface area contributed by atoms with E-state index in [4.69, 9.17) is 0 Å². The molecule has 0 fully saturated rings. The van der Waals surface area contributed by atoms with E-state index in [-0.39, 0.29) is 18.0 Å². The number of carbonyl (C=O) groups is 1. The highest BCUT2D eigenvalue weighted by Gasteiger charge is 2.18. The lowest BCUT2D eigenvalue weighted by atomic mass is 10.1. The number of likely N-dealkylation sites (N-methyl/N-ethyl adjacent to an activating group) is 1. The maximum Gasteiger partial charge on any atom is 0.254 e. The number of thioether (sulfide) groups is 1. The molecule has 0 radical (unpaired) electrons. The summed E-state index contributed by atoms with van der Waals surface area (Å²) in [7, 11) is 0. The van der Waals surface area contributed by atoms with Gasteiger partial charge in [-0.15, -0.1) is 11.8 Å². The van der Waals surface area contributed by atoms with Crippen LogP contribution >= 0.6 is 11.8 Å². The summed E-state index contributed by atoms with van der Waals surface area (Å²) < 4.78 is 1.48. The van der Waals surface area contributed by atoms with Gasteiger partial charge in [-0.1, -0.05) is 37.3 Å². The quantitative estimate of drug-likeness (QED) is 0.550. The van der Waals surface area contributed by atoms with Gasteiger partial charge >= 0.3 is 0 Å². The largest absolute Gasteiger partial charge is 0.311 e. The third-order valence-corrected chi connectivity index (χ3v) is 5.51. The van der Waals surface area contributed by atoms with Gasteiger partial charge < -0.3 is 4.90 Å². The topological polar surface area (TPSA) is 55.2 Å². The zero-order valence-electron chi connectivity index (χ0n) is 17.0. The van der Waals surface area contributed by atoms with Crippen molar-refractivity contribution in [1.29, 1.82) is 0 Å². The fraction of sp³-hybridized carbons (Fsp3) is 0.261. The summed E-state index contributed by atoms with van der Waals surface area (Å²) in [6.45, 7) is 4.38. The smallest absolute Gasteiger partial charge is 0.254 e. The number of anilines is 1. The van der Waals surface area contributed by atoms with Gasteiger partial charge in [0.1, 0.15) is 12.4 Å². The summed E-state index contributed by atoms with van der Waals surface area (Å²) >= 11 is 1.66.